The molecule has 0 saturated carbocycles. The van der Waals surface area contributed by atoms with Crippen molar-refractivity contribution in [2.45, 2.75) is 26.2 Å². The lowest BCUT2D eigenvalue weighted by molar-refractivity contribution is 0.872. The lowest BCUT2D eigenvalue weighted by Crippen LogP contribution is -2.26. The number of H-pyrrole nitrogens is 1. The Morgan fingerprint density at radius 1 is 1.36 bits per heavy atom. The monoisotopic (exact) mass is 294 g/mol. The fourth-order valence-electron chi connectivity index (χ4n) is 2.86. The zero-order valence-corrected chi connectivity index (χ0v) is 12.6. The normalized spacial score (nSPS) is 14.1. The van der Waals surface area contributed by atoms with Crippen molar-refractivity contribution >= 4 is 5.82 Å². The van der Waals surface area contributed by atoms with E-state index in [-0.39, 0.29) is 11.1 Å². The molecule has 2 heterocycles. The maximum absolute atomic E-state index is 12.2. The van der Waals surface area contributed by atoms with Gasteiger partial charge < -0.3 is 9.88 Å². The summed E-state index contributed by atoms with van der Waals surface area (Å²) >= 11 is 0. The molecule has 1 aromatic carbocycles. The highest BCUT2D eigenvalue weighted by atomic mass is 16.1. The van der Waals surface area contributed by atoms with E-state index in [0.29, 0.717) is 18.1 Å². The Labute approximate surface area is 129 Å². The van der Waals surface area contributed by atoms with E-state index in [0.717, 1.165) is 31.5 Å². The largest absolute Gasteiger partial charge is 0.355 e. The molecule has 1 N–H and O–H groups in total. The summed E-state index contributed by atoms with van der Waals surface area (Å²) in [4.78, 5) is 21.5. The van der Waals surface area contributed by atoms with Crippen molar-refractivity contribution in [2.75, 3.05) is 18.0 Å². The smallest absolute Gasteiger partial charge is 0.271 e. The number of rotatable bonds is 3. The van der Waals surface area contributed by atoms with Crippen LogP contribution in [0.1, 0.15) is 35.4 Å². The molecule has 5 nitrogen and oxygen atoms in total. The van der Waals surface area contributed by atoms with Crippen LogP contribution < -0.4 is 10.5 Å². The molecule has 0 unspecified atom stereocenters. The van der Waals surface area contributed by atoms with E-state index in [1.807, 2.05) is 36.1 Å². The standard InChI is InChI=1S/C17H18N4O/c1-12-5-4-6-13(9-12)10-15-19-16(21-7-2-3-8-21)14(11-18)17(22)20-15/h4-6,9H,2-3,7-8,10H2,1H3,(H,19,20,22). The van der Waals surface area contributed by atoms with Crippen LogP contribution in [-0.4, -0.2) is 23.1 Å². The van der Waals surface area contributed by atoms with Gasteiger partial charge in [0.05, 0.1) is 0 Å². The minimum atomic E-state index is -0.345. The molecule has 1 aromatic heterocycles. The van der Waals surface area contributed by atoms with Crippen LogP contribution in [0.3, 0.4) is 0 Å². The fraction of sp³-hybridized carbons (Fsp3) is 0.353. The molecule has 3 rings (SSSR count). The molecule has 0 bridgehead atoms. The Morgan fingerprint density at radius 3 is 2.82 bits per heavy atom. The van der Waals surface area contributed by atoms with Gasteiger partial charge in [-0.2, -0.15) is 5.26 Å². The van der Waals surface area contributed by atoms with E-state index in [4.69, 9.17) is 0 Å². The third-order valence-corrected chi connectivity index (χ3v) is 3.92. The van der Waals surface area contributed by atoms with Gasteiger partial charge in [0.25, 0.3) is 5.56 Å². The Kier molecular flexibility index (Phi) is 3.92. The molecule has 1 aliphatic rings. The van der Waals surface area contributed by atoms with Gasteiger partial charge in [0.15, 0.2) is 11.4 Å². The van der Waals surface area contributed by atoms with Crippen LogP contribution in [0.25, 0.3) is 0 Å². The first-order valence-electron chi connectivity index (χ1n) is 7.51. The van der Waals surface area contributed by atoms with E-state index >= 15 is 0 Å². The van der Waals surface area contributed by atoms with E-state index in [9.17, 15) is 10.1 Å². The van der Waals surface area contributed by atoms with Gasteiger partial charge in [-0.25, -0.2) is 4.98 Å². The maximum atomic E-state index is 12.2. The van der Waals surface area contributed by atoms with Crippen LogP contribution in [-0.2, 0) is 6.42 Å². The minimum Gasteiger partial charge on any atom is -0.355 e. The van der Waals surface area contributed by atoms with Crippen molar-refractivity contribution in [2.24, 2.45) is 0 Å². The second-order valence-corrected chi connectivity index (χ2v) is 5.68. The first-order chi connectivity index (χ1) is 10.7. The topological polar surface area (TPSA) is 72.8 Å². The quantitative estimate of drug-likeness (QED) is 0.941. The Morgan fingerprint density at radius 2 is 2.14 bits per heavy atom. The molecule has 0 radical (unpaired) electrons. The molecule has 1 saturated heterocycles. The van der Waals surface area contributed by atoms with Crippen molar-refractivity contribution in [3.63, 3.8) is 0 Å². The van der Waals surface area contributed by atoms with Gasteiger partial charge in [0.2, 0.25) is 0 Å². The molecule has 0 aliphatic carbocycles. The molecule has 112 valence electrons. The molecule has 0 amide bonds. The van der Waals surface area contributed by atoms with Crippen LogP contribution in [0.4, 0.5) is 5.82 Å². The second kappa shape index (κ2) is 6.02. The number of nitriles is 1. The Balaban J connectivity index is 1.99. The minimum absolute atomic E-state index is 0.120. The van der Waals surface area contributed by atoms with E-state index in [1.165, 1.54) is 5.56 Å². The van der Waals surface area contributed by atoms with E-state index < -0.39 is 0 Å². The fourth-order valence-corrected chi connectivity index (χ4v) is 2.86. The Hall–Kier alpha value is -2.61. The zero-order valence-electron chi connectivity index (χ0n) is 12.6. The first kappa shape index (κ1) is 14.3. The van der Waals surface area contributed by atoms with Crippen molar-refractivity contribution < 1.29 is 0 Å². The van der Waals surface area contributed by atoms with Crippen molar-refractivity contribution in [1.29, 1.82) is 5.26 Å². The molecular weight excluding hydrogens is 276 g/mol. The van der Waals surface area contributed by atoms with Gasteiger partial charge >= 0.3 is 0 Å². The average Bonchev–Trinajstić information content (AvgIpc) is 3.00. The molecule has 2 aromatic rings. The molecule has 5 heteroatoms. The highest BCUT2D eigenvalue weighted by molar-refractivity contribution is 5.53. The number of aryl methyl sites for hydroxylation is 1. The van der Waals surface area contributed by atoms with Crippen LogP contribution in [0.15, 0.2) is 29.1 Å². The summed E-state index contributed by atoms with van der Waals surface area (Å²) in [6, 6.07) is 10.1. The summed E-state index contributed by atoms with van der Waals surface area (Å²) in [5.41, 5.74) is 2.05. The summed E-state index contributed by atoms with van der Waals surface area (Å²) in [5.74, 6) is 1.14. The summed E-state index contributed by atoms with van der Waals surface area (Å²) in [6.45, 7) is 3.75. The predicted octanol–water partition coefficient (Wildman–Crippen LogP) is 2.14. The number of anilines is 1. The van der Waals surface area contributed by atoms with Gasteiger partial charge in [-0.3, -0.25) is 4.79 Å². The molecular formula is C17H18N4O. The first-order valence-corrected chi connectivity index (χ1v) is 7.51. The number of nitrogens with one attached hydrogen (secondary N) is 1. The SMILES string of the molecule is Cc1cccc(Cc2nc(N3CCCC3)c(C#N)c(=O)[nH]2)c1. The maximum Gasteiger partial charge on any atom is 0.271 e. The van der Waals surface area contributed by atoms with Crippen molar-refractivity contribution in [1.82, 2.24) is 9.97 Å². The number of hydrogen-bond donors (Lipinski definition) is 1. The summed E-state index contributed by atoms with van der Waals surface area (Å²) in [6.07, 6.45) is 2.71. The van der Waals surface area contributed by atoms with Gasteiger partial charge in [-0.05, 0) is 25.3 Å². The third kappa shape index (κ3) is 2.86. The average molecular weight is 294 g/mol. The molecule has 22 heavy (non-hydrogen) atoms. The summed E-state index contributed by atoms with van der Waals surface area (Å²) in [5, 5.41) is 9.24. The third-order valence-electron chi connectivity index (χ3n) is 3.92. The van der Waals surface area contributed by atoms with Crippen LogP contribution >= 0.6 is 0 Å². The number of aromatic nitrogens is 2. The lowest BCUT2D eigenvalue weighted by Gasteiger charge is -2.18. The Bertz CT molecular complexity index is 782. The van der Waals surface area contributed by atoms with E-state index in [1.54, 1.807) is 0 Å². The highest BCUT2D eigenvalue weighted by Crippen LogP contribution is 2.20. The van der Waals surface area contributed by atoms with Crippen molar-refractivity contribution in [3.05, 3.63) is 57.1 Å². The van der Waals surface area contributed by atoms with Crippen LogP contribution in [0, 0.1) is 18.3 Å². The second-order valence-electron chi connectivity index (χ2n) is 5.68. The van der Waals surface area contributed by atoms with Crippen molar-refractivity contribution in [3.8, 4) is 6.07 Å². The van der Waals surface area contributed by atoms with Gasteiger partial charge in [-0.15, -0.1) is 0 Å². The van der Waals surface area contributed by atoms with E-state index in [2.05, 4.69) is 16.0 Å². The molecule has 1 fully saturated rings. The molecule has 1 aliphatic heterocycles. The van der Waals surface area contributed by atoms with Crippen LogP contribution in [0.5, 0.6) is 0 Å². The zero-order chi connectivity index (χ0) is 15.5. The molecule has 0 atom stereocenters. The predicted molar refractivity (Wildman–Crippen MR) is 85.0 cm³/mol. The summed E-state index contributed by atoms with van der Waals surface area (Å²) < 4.78 is 0. The number of hydrogen-bond acceptors (Lipinski definition) is 4. The number of nitrogens with zero attached hydrogens (tertiary/aromatic N) is 3. The number of aromatic amines is 1. The highest BCUT2D eigenvalue weighted by Gasteiger charge is 2.20. The summed E-state index contributed by atoms with van der Waals surface area (Å²) in [7, 11) is 0. The van der Waals surface area contributed by atoms with Gasteiger partial charge in [-0.1, -0.05) is 29.8 Å². The van der Waals surface area contributed by atoms with Gasteiger partial charge in [0, 0.05) is 19.5 Å². The van der Waals surface area contributed by atoms with Gasteiger partial charge in [0.1, 0.15) is 11.9 Å². The molecule has 0 spiro atoms. The number of benzene rings is 1. The van der Waals surface area contributed by atoms with Crippen LogP contribution in [0.2, 0.25) is 0 Å². The lowest BCUT2D eigenvalue weighted by atomic mass is 10.1.